The molecule has 0 aliphatic carbocycles. The van der Waals surface area contributed by atoms with Crippen LogP contribution >= 0.6 is 15.9 Å². The zero-order valence-electron chi connectivity index (χ0n) is 15.1. The number of hydrogen-bond acceptors (Lipinski definition) is 4. The Morgan fingerprint density at radius 1 is 1.11 bits per heavy atom. The van der Waals surface area contributed by atoms with E-state index in [1.54, 1.807) is 24.3 Å². The van der Waals surface area contributed by atoms with Crippen molar-refractivity contribution < 1.29 is 14.0 Å². The van der Waals surface area contributed by atoms with Crippen molar-refractivity contribution in [2.75, 3.05) is 6.54 Å². The molecule has 1 heterocycles. The van der Waals surface area contributed by atoms with Gasteiger partial charge in [0, 0.05) is 15.6 Å². The third kappa shape index (κ3) is 5.40. The van der Waals surface area contributed by atoms with Gasteiger partial charge < -0.3 is 9.73 Å². The summed E-state index contributed by atoms with van der Waals surface area (Å²) in [5.74, 6) is 0.456. The summed E-state index contributed by atoms with van der Waals surface area (Å²) in [6.07, 6.45) is 1.41. The Morgan fingerprint density at radius 3 is 2.64 bits per heavy atom. The van der Waals surface area contributed by atoms with Crippen LogP contribution in [0, 0.1) is 6.92 Å². The van der Waals surface area contributed by atoms with Gasteiger partial charge >= 0.3 is 0 Å². The van der Waals surface area contributed by atoms with Gasteiger partial charge in [-0.2, -0.15) is 5.10 Å². The predicted molar refractivity (Wildman–Crippen MR) is 111 cm³/mol. The number of hydrogen-bond donors (Lipinski definition) is 2. The first-order valence-corrected chi connectivity index (χ1v) is 9.33. The minimum absolute atomic E-state index is 0.174. The van der Waals surface area contributed by atoms with E-state index >= 15 is 0 Å². The first-order valence-electron chi connectivity index (χ1n) is 8.54. The molecule has 0 unspecified atom stereocenters. The minimum Gasteiger partial charge on any atom is -0.455 e. The van der Waals surface area contributed by atoms with Crippen molar-refractivity contribution in [3.8, 4) is 11.3 Å². The lowest BCUT2D eigenvalue weighted by molar-refractivity contribution is -0.120. The summed E-state index contributed by atoms with van der Waals surface area (Å²) in [7, 11) is 0. The fraction of sp³-hybridized carbons (Fsp3) is 0.0952. The van der Waals surface area contributed by atoms with Crippen LogP contribution in [-0.4, -0.2) is 24.6 Å². The number of carbonyl (C=O) groups is 2. The number of hydrazone groups is 1. The molecule has 0 saturated heterocycles. The molecule has 2 aromatic carbocycles. The maximum absolute atomic E-state index is 12.0. The smallest absolute Gasteiger partial charge is 0.259 e. The van der Waals surface area contributed by atoms with Crippen molar-refractivity contribution in [1.29, 1.82) is 0 Å². The molecule has 7 heteroatoms. The number of nitrogens with one attached hydrogen (secondary N) is 2. The Morgan fingerprint density at radius 2 is 1.89 bits per heavy atom. The number of benzene rings is 2. The van der Waals surface area contributed by atoms with E-state index in [2.05, 4.69) is 31.8 Å². The topological polar surface area (TPSA) is 83.7 Å². The Hall–Kier alpha value is -3.19. The highest BCUT2D eigenvalue weighted by Crippen LogP contribution is 2.23. The van der Waals surface area contributed by atoms with E-state index < -0.39 is 5.91 Å². The zero-order chi connectivity index (χ0) is 19.9. The van der Waals surface area contributed by atoms with Crippen LogP contribution in [-0.2, 0) is 4.79 Å². The van der Waals surface area contributed by atoms with Gasteiger partial charge in [-0.05, 0) is 43.3 Å². The third-order valence-electron chi connectivity index (χ3n) is 3.83. The van der Waals surface area contributed by atoms with E-state index in [9.17, 15) is 9.59 Å². The molecule has 0 spiro atoms. The second-order valence-corrected chi connectivity index (χ2v) is 6.97. The maximum Gasteiger partial charge on any atom is 0.259 e. The fourth-order valence-electron chi connectivity index (χ4n) is 2.45. The molecule has 0 bridgehead atoms. The summed E-state index contributed by atoms with van der Waals surface area (Å²) >= 11 is 3.39. The number of carbonyl (C=O) groups excluding carboxylic acids is 2. The van der Waals surface area contributed by atoms with Crippen LogP contribution in [0.25, 0.3) is 11.3 Å². The highest BCUT2D eigenvalue weighted by Gasteiger charge is 2.08. The number of aryl methyl sites for hydroxylation is 1. The van der Waals surface area contributed by atoms with Crippen molar-refractivity contribution in [1.82, 2.24) is 10.7 Å². The Labute approximate surface area is 170 Å². The van der Waals surface area contributed by atoms with Gasteiger partial charge in [0.15, 0.2) is 0 Å². The lowest BCUT2D eigenvalue weighted by atomic mass is 10.1. The van der Waals surface area contributed by atoms with Gasteiger partial charge in [-0.15, -0.1) is 0 Å². The molecule has 0 aliphatic rings. The summed E-state index contributed by atoms with van der Waals surface area (Å²) in [5, 5.41) is 6.40. The van der Waals surface area contributed by atoms with E-state index in [1.165, 1.54) is 6.21 Å². The van der Waals surface area contributed by atoms with Gasteiger partial charge in [-0.3, -0.25) is 9.59 Å². The molecule has 2 amide bonds. The van der Waals surface area contributed by atoms with Crippen LogP contribution in [0.4, 0.5) is 0 Å². The summed E-state index contributed by atoms with van der Waals surface area (Å²) in [6, 6.07) is 18.4. The second-order valence-electron chi connectivity index (χ2n) is 6.05. The van der Waals surface area contributed by atoms with Crippen molar-refractivity contribution in [2.24, 2.45) is 5.10 Å². The van der Waals surface area contributed by atoms with Gasteiger partial charge in [0.25, 0.3) is 11.8 Å². The molecular formula is C21H18BrN3O3. The molecule has 0 fully saturated rings. The standard InChI is InChI=1S/C21H18BrN3O3/c1-14-3-2-4-16(11-14)21(27)23-13-20(26)25-24-12-18-9-10-19(28-18)15-5-7-17(22)8-6-15/h2-12H,13H2,1H3,(H,23,27)(H,25,26)/b24-12-. The Kier molecular flexibility index (Phi) is 6.39. The van der Waals surface area contributed by atoms with Crippen molar-refractivity contribution in [3.63, 3.8) is 0 Å². The molecule has 6 nitrogen and oxygen atoms in total. The zero-order valence-corrected chi connectivity index (χ0v) is 16.7. The van der Waals surface area contributed by atoms with E-state index in [-0.39, 0.29) is 12.5 Å². The molecule has 3 aromatic rings. The number of rotatable bonds is 6. The Balaban J connectivity index is 1.48. The normalized spacial score (nSPS) is 10.8. The number of furan rings is 1. The molecule has 0 atom stereocenters. The minimum atomic E-state index is -0.433. The number of amides is 2. The SMILES string of the molecule is Cc1cccc(C(=O)NCC(=O)N/N=C\c2ccc(-c3ccc(Br)cc3)o2)c1. The number of nitrogens with zero attached hydrogens (tertiary/aromatic N) is 1. The average molecular weight is 440 g/mol. The molecule has 3 rings (SSSR count). The molecule has 0 saturated carbocycles. The van der Waals surface area contributed by atoms with Crippen LogP contribution < -0.4 is 10.7 Å². The highest BCUT2D eigenvalue weighted by molar-refractivity contribution is 9.10. The number of halogens is 1. The predicted octanol–water partition coefficient (Wildman–Crippen LogP) is 3.90. The van der Waals surface area contributed by atoms with E-state index in [1.807, 2.05) is 43.3 Å². The van der Waals surface area contributed by atoms with Crippen LogP contribution in [0.5, 0.6) is 0 Å². The quantitative estimate of drug-likeness (QED) is 0.451. The highest BCUT2D eigenvalue weighted by atomic mass is 79.9. The van der Waals surface area contributed by atoms with Crippen LogP contribution in [0.2, 0.25) is 0 Å². The Bertz CT molecular complexity index is 1010. The molecule has 2 N–H and O–H groups in total. The monoisotopic (exact) mass is 439 g/mol. The van der Waals surface area contributed by atoms with Gasteiger partial charge in [-0.1, -0.05) is 45.8 Å². The van der Waals surface area contributed by atoms with Crippen molar-refractivity contribution in [2.45, 2.75) is 6.92 Å². The van der Waals surface area contributed by atoms with Crippen molar-refractivity contribution in [3.05, 3.63) is 82.0 Å². The summed E-state index contributed by atoms with van der Waals surface area (Å²) in [5.41, 5.74) is 4.77. The van der Waals surface area contributed by atoms with E-state index in [4.69, 9.17) is 4.42 Å². The van der Waals surface area contributed by atoms with Crippen molar-refractivity contribution >= 4 is 34.0 Å². The van der Waals surface area contributed by atoms with Gasteiger partial charge in [0.2, 0.25) is 0 Å². The van der Waals surface area contributed by atoms with Gasteiger partial charge in [-0.25, -0.2) is 5.43 Å². The first-order chi connectivity index (χ1) is 13.5. The van der Waals surface area contributed by atoms with Gasteiger partial charge in [0.1, 0.15) is 11.5 Å². The van der Waals surface area contributed by atoms with Crippen LogP contribution in [0.3, 0.4) is 0 Å². The third-order valence-corrected chi connectivity index (χ3v) is 4.35. The summed E-state index contributed by atoms with van der Waals surface area (Å²) in [6.45, 7) is 1.72. The molecule has 1 aromatic heterocycles. The summed E-state index contributed by atoms with van der Waals surface area (Å²) in [4.78, 5) is 23.8. The largest absolute Gasteiger partial charge is 0.455 e. The molecule has 28 heavy (non-hydrogen) atoms. The molecule has 0 radical (unpaired) electrons. The maximum atomic E-state index is 12.0. The second kappa shape index (κ2) is 9.14. The van der Waals surface area contributed by atoms with Crippen LogP contribution in [0.1, 0.15) is 21.7 Å². The van der Waals surface area contributed by atoms with E-state index in [0.29, 0.717) is 17.1 Å². The van der Waals surface area contributed by atoms with Gasteiger partial charge in [0.05, 0.1) is 12.8 Å². The van der Waals surface area contributed by atoms with E-state index in [0.717, 1.165) is 15.6 Å². The molecular weight excluding hydrogens is 422 g/mol. The summed E-state index contributed by atoms with van der Waals surface area (Å²) < 4.78 is 6.66. The fourth-order valence-corrected chi connectivity index (χ4v) is 2.71. The lowest BCUT2D eigenvalue weighted by Gasteiger charge is -2.04. The first kappa shape index (κ1) is 19.6. The average Bonchev–Trinajstić information content (AvgIpc) is 3.15. The molecule has 142 valence electrons. The van der Waals surface area contributed by atoms with Crippen LogP contribution in [0.15, 0.2) is 74.7 Å². The lowest BCUT2D eigenvalue weighted by Crippen LogP contribution is -2.34. The molecule has 0 aliphatic heterocycles.